The van der Waals surface area contributed by atoms with Gasteiger partial charge in [0.15, 0.2) is 0 Å². The second-order valence-electron chi connectivity index (χ2n) is 5.27. The summed E-state index contributed by atoms with van der Waals surface area (Å²) >= 11 is 0. The minimum Gasteiger partial charge on any atom is -0.346 e. The first-order valence-corrected chi connectivity index (χ1v) is 8.42. The van der Waals surface area contributed by atoms with Crippen molar-refractivity contribution in [3.8, 4) is 0 Å². The molecular formula is C14H23N3O2S. The van der Waals surface area contributed by atoms with Gasteiger partial charge in [-0.15, -0.1) is 6.58 Å². The molecule has 1 aliphatic carbocycles. The van der Waals surface area contributed by atoms with Gasteiger partial charge in [0.05, 0.1) is 0 Å². The number of aromatic nitrogens is 1. The highest BCUT2D eigenvalue weighted by Gasteiger charge is 2.29. The standard InChI is InChI=1S/C14H23N3O2S/c1-3-4-5-8-16(2)20(18,19)14-9-13(10-15)17(11-14)12-6-7-12/h3,9,11-12H,1,4-8,10,15H2,2H3. The van der Waals surface area contributed by atoms with Crippen molar-refractivity contribution in [1.82, 2.24) is 8.87 Å². The lowest BCUT2D eigenvalue weighted by molar-refractivity contribution is 0.462. The maximum absolute atomic E-state index is 12.5. The number of sulfonamides is 1. The molecule has 0 aliphatic heterocycles. The Morgan fingerprint density at radius 3 is 2.80 bits per heavy atom. The maximum atomic E-state index is 12.5. The molecule has 2 rings (SSSR count). The first-order valence-electron chi connectivity index (χ1n) is 6.98. The molecule has 1 fully saturated rings. The number of unbranched alkanes of at least 4 members (excludes halogenated alkanes) is 1. The van der Waals surface area contributed by atoms with E-state index >= 15 is 0 Å². The molecule has 20 heavy (non-hydrogen) atoms. The maximum Gasteiger partial charge on any atom is 0.244 e. The van der Waals surface area contributed by atoms with Crippen LogP contribution in [0.25, 0.3) is 0 Å². The van der Waals surface area contributed by atoms with Crippen molar-refractivity contribution in [3.05, 3.63) is 30.6 Å². The van der Waals surface area contributed by atoms with Gasteiger partial charge in [-0.3, -0.25) is 0 Å². The zero-order valence-corrected chi connectivity index (χ0v) is 12.8. The van der Waals surface area contributed by atoms with Crippen molar-refractivity contribution >= 4 is 10.0 Å². The Morgan fingerprint density at radius 1 is 1.55 bits per heavy atom. The van der Waals surface area contributed by atoms with Crippen LogP contribution in [-0.4, -0.2) is 30.9 Å². The van der Waals surface area contributed by atoms with E-state index in [2.05, 4.69) is 6.58 Å². The first-order chi connectivity index (χ1) is 9.50. The fraction of sp³-hybridized carbons (Fsp3) is 0.571. The molecule has 0 saturated heterocycles. The average molecular weight is 297 g/mol. The summed E-state index contributed by atoms with van der Waals surface area (Å²) in [6.45, 7) is 4.51. The van der Waals surface area contributed by atoms with E-state index in [1.165, 1.54) is 4.31 Å². The highest BCUT2D eigenvalue weighted by molar-refractivity contribution is 7.89. The third-order valence-electron chi connectivity index (χ3n) is 3.65. The summed E-state index contributed by atoms with van der Waals surface area (Å²) in [5, 5.41) is 0. The molecule has 112 valence electrons. The second-order valence-corrected chi connectivity index (χ2v) is 7.31. The van der Waals surface area contributed by atoms with E-state index in [0.29, 0.717) is 24.0 Å². The Kier molecular flexibility index (Phi) is 4.67. The van der Waals surface area contributed by atoms with E-state index in [4.69, 9.17) is 5.73 Å². The largest absolute Gasteiger partial charge is 0.346 e. The van der Waals surface area contributed by atoms with Crippen LogP contribution in [-0.2, 0) is 16.6 Å². The van der Waals surface area contributed by atoms with Gasteiger partial charge in [-0.1, -0.05) is 6.08 Å². The molecular weight excluding hydrogens is 274 g/mol. The Labute approximate surface area is 121 Å². The van der Waals surface area contributed by atoms with Gasteiger partial charge in [0.2, 0.25) is 10.0 Å². The lowest BCUT2D eigenvalue weighted by Crippen LogP contribution is -2.27. The molecule has 0 aromatic carbocycles. The average Bonchev–Trinajstić information content (AvgIpc) is 3.17. The number of nitrogens with zero attached hydrogens (tertiary/aromatic N) is 2. The molecule has 1 heterocycles. The fourth-order valence-electron chi connectivity index (χ4n) is 2.25. The first kappa shape index (κ1) is 15.3. The Hall–Kier alpha value is -1.11. The van der Waals surface area contributed by atoms with Gasteiger partial charge in [-0.25, -0.2) is 12.7 Å². The van der Waals surface area contributed by atoms with E-state index in [0.717, 1.165) is 31.4 Å². The molecule has 0 amide bonds. The molecule has 0 spiro atoms. The van der Waals surface area contributed by atoms with Gasteiger partial charge >= 0.3 is 0 Å². The molecule has 1 aromatic heterocycles. The van der Waals surface area contributed by atoms with E-state index < -0.39 is 10.0 Å². The van der Waals surface area contributed by atoms with Gasteiger partial charge in [0, 0.05) is 38.1 Å². The lowest BCUT2D eigenvalue weighted by Gasteiger charge is -2.15. The quantitative estimate of drug-likeness (QED) is 0.588. The summed E-state index contributed by atoms with van der Waals surface area (Å²) in [5.41, 5.74) is 6.60. The normalized spacial score (nSPS) is 15.8. The van der Waals surface area contributed by atoms with E-state index in [1.807, 2.05) is 4.57 Å². The molecule has 0 atom stereocenters. The Morgan fingerprint density at radius 2 is 2.25 bits per heavy atom. The SMILES string of the molecule is C=CCCCN(C)S(=O)(=O)c1cc(CN)n(C2CC2)c1. The van der Waals surface area contributed by atoms with Crippen LogP contribution < -0.4 is 5.73 Å². The van der Waals surface area contributed by atoms with Crippen LogP contribution in [0, 0.1) is 0 Å². The summed E-state index contributed by atoms with van der Waals surface area (Å²) in [5.74, 6) is 0. The van der Waals surface area contributed by atoms with Gasteiger partial charge in [-0.2, -0.15) is 0 Å². The predicted octanol–water partition coefficient (Wildman–Crippen LogP) is 1.87. The van der Waals surface area contributed by atoms with Crippen LogP contribution in [0.1, 0.15) is 37.4 Å². The van der Waals surface area contributed by atoms with Crippen molar-refractivity contribution in [2.75, 3.05) is 13.6 Å². The summed E-state index contributed by atoms with van der Waals surface area (Å²) in [6, 6.07) is 2.14. The van der Waals surface area contributed by atoms with Gasteiger partial charge in [0.25, 0.3) is 0 Å². The van der Waals surface area contributed by atoms with Crippen LogP contribution in [0.15, 0.2) is 29.8 Å². The van der Waals surface area contributed by atoms with Crippen LogP contribution in [0.4, 0.5) is 0 Å². The number of hydrogen-bond acceptors (Lipinski definition) is 3. The number of nitrogens with two attached hydrogens (primary N) is 1. The molecule has 0 unspecified atom stereocenters. The third-order valence-corrected chi connectivity index (χ3v) is 5.47. The third kappa shape index (κ3) is 3.13. The van der Waals surface area contributed by atoms with Gasteiger partial charge in [-0.05, 0) is 31.7 Å². The highest BCUT2D eigenvalue weighted by atomic mass is 32.2. The highest BCUT2D eigenvalue weighted by Crippen LogP contribution is 2.37. The fourth-order valence-corrected chi connectivity index (χ4v) is 3.51. The zero-order chi connectivity index (χ0) is 14.8. The molecule has 1 aliphatic rings. The zero-order valence-electron chi connectivity index (χ0n) is 12.0. The lowest BCUT2D eigenvalue weighted by atomic mass is 10.3. The minimum absolute atomic E-state index is 0.353. The molecule has 1 saturated carbocycles. The summed E-state index contributed by atoms with van der Waals surface area (Å²) in [7, 11) is -1.79. The van der Waals surface area contributed by atoms with E-state index in [-0.39, 0.29) is 0 Å². The van der Waals surface area contributed by atoms with Crippen molar-refractivity contribution in [1.29, 1.82) is 0 Å². The van der Waals surface area contributed by atoms with Crippen molar-refractivity contribution < 1.29 is 8.42 Å². The Bertz CT molecular complexity index is 573. The monoisotopic (exact) mass is 297 g/mol. The van der Waals surface area contributed by atoms with Crippen molar-refractivity contribution in [3.63, 3.8) is 0 Å². The van der Waals surface area contributed by atoms with Gasteiger partial charge < -0.3 is 10.3 Å². The smallest absolute Gasteiger partial charge is 0.244 e. The topological polar surface area (TPSA) is 68.3 Å². The van der Waals surface area contributed by atoms with Gasteiger partial charge in [0.1, 0.15) is 4.90 Å². The molecule has 0 bridgehead atoms. The molecule has 2 N–H and O–H groups in total. The number of rotatable bonds is 8. The number of allylic oxidation sites excluding steroid dienone is 1. The van der Waals surface area contributed by atoms with Crippen LogP contribution >= 0.6 is 0 Å². The number of hydrogen-bond donors (Lipinski definition) is 1. The molecule has 5 nitrogen and oxygen atoms in total. The predicted molar refractivity (Wildman–Crippen MR) is 79.8 cm³/mol. The van der Waals surface area contributed by atoms with E-state index in [1.54, 1.807) is 25.4 Å². The summed E-state index contributed by atoms with van der Waals surface area (Å²) < 4.78 is 28.4. The van der Waals surface area contributed by atoms with Crippen LogP contribution in [0.2, 0.25) is 0 Å². The van der Waals surface area contributed by atoms with Crippen molar-refractivity contribution in [2.45, 2.75) is 43.2 Å². The molecule has 1 aromatic rings. The van der Waals surface area contributed by atoms with Crippen molar-refractivity contribution in [2.24, 2.45) is 5.73 Å². The second kappa shape index (κ2) is 6.11. The molecule has 6 heteroatoms. The summed E-state index contributed by atoms with van der Waals surface area (Å²) in [4.78, 5) is 0.353. The van der Waals surface area contributed by atoms with Crippen LogP contribution in [0.3, 0.4) is 0 Å². The summed E-state index contributed by atoms with van der Waals surface area (Å²) in [6.07, 6.45) is 7.35. The van der Waals surface area contributed by atoms with E-state index in [9.17, 15) is 8.42 Å². The van der Waals surface area contributed by atoms with Crippen LogP contribution in [0.5, 0.6) is 0 Å². The molecule has 0 radical (unpaired) electrons. The Balaban J connectivity index is 2.18. The minimum atomic E-state index is -3.41.